The highest BCUT2D eigenvalue weighted by Crippen LogP contribution is 2.30. The summed E-state index contributed by atoms with van der Waals surface area (Å²) < 4.78 is 0. The van der Waals surface area contributed by atoms with Gasteiger partial charge in [-0.1, -0.05) is 24.3 Å². The maximum Gasteiger partial charge on any atom is 0.267 e. The second-order valence-corrected chi connectivity index (χ2v) is 3.84. The lowest BCUT2D eigenvalue weighted by Crippen LogP contribution is -2.28. The van der Waals surface area contributed by atoms with Gasteiger partial charge in [0.1, 0.15) is 5.70 Å². The maximum absolute atomic E-state index is 11.7. The Morgan fingerprint density at radius 1 is 1.27 bits per heavy atom. The van der Waals surface area contributed by atoms with Gasteiger partial charge < -0.3 is 10.2 Å². The van der Waals surface area contributed by atoms with Crippen LogP contribution in [0.3, 0.4) is 0 Å². The van der Waals surface area contributed by atoms with E-state index in [-0.39, 0.29) is 5.91 Å². The number of nitrogens with zero attached hydrogens (tertiary/aromatic N) is 1. The molecule has 0 fully saturated rings. The van der Waals surface area contributed by atoms with Crippen LogP contribution in [-0.2, 0) is 11.3 Å². The third-order valence-electron chi connectivity index (χ3n) is 2.94. The molecule has 3 heteroatoms. The van der Waals surface area contributed by atoms with E-state index in [0.29, 0.717) is 6.54 Å². The van der Waals surface area contributed by atoms with Gasteiger partial charge in [-0.25, -0.2) is 0 Å². The third kappa shape index (κ3) is 1.23. The van der Waals surface area contributed by atoms with E-state index in [1.807, 2.05) is 18.2 Å². The minimum Gasteiger partial charge on any atom is -0.347 e. The SMILES string of the molecule is O=C1NCc2ccccc2N2CCC=C12. The van der Waals surface area contributed by atoms with Crippen LogP contribution in [0.15, 0.2) is 36.0 Å². The Hall–Kier alpha value is -1.77. The van der Waals surface area contributed by atoms with Crippen LogP contribution < -0.4 is 10.2 Å². The predicted molar refractivity (Wildman–Crippen MR) is 58.3 cm³/mol. The largest absolute Gasteiger partial charge is 0.347 e. The molecule has 0 aliphatic carbocycles. The number of para-hydroxylation sites is 1. The van der Waals surface area contributed by atoms with Gasteiger partial charge in [-0.3, -0.25) is 4.79 Å². The first-order valence-corrected chi connectivity index (χ1v) is 5.20. The molecule has 1 amide bonds. The zero-order chi connectivity index (χ0) is 10.3. The van der Waals surface area contributed by atoms with Crippen molar-refractivity contribution >= 4 is 11.6 Å². The highest BCUT2D eigenvalue weighted by molar-refractivity contribution is 5.99. The summed E-state index contributed by atoms with van der Waals surface area (Å²) in [4.78, 5) is 13.9. The van der Waals surface area contributed by atoms with Crippen molar-refractivity contribution in [1.29, 1.82) is 0 Å². The number of rotatable bonds is 0. The normalized spacial score (nSPS) is 18.8. The summed E-state index contributed by atoms with van der Waals surface area (Å²) in [7, 11) is 0. The van der Waals surface area contributed by atoms with Gasteiger partial charge >= 0.3 is 0 Å². The summed E-state index contributed by atoms with van der Waals surface area (Å²) in [6, 6.07) is 8.17. The molecule has 1 aromatic carbocycles. The first-order chi connectivity index (χ1) is 7.36. The summed E-state index contributed by atoms with van der Waals surface area (Å²) in [5.41, 5.74) is 3.16. The zero-order valence-corrected chi connectivity index (χ0v) is 8.36. The monoisotopic (exact) mass is 200 g/mol. The van der Waals surface area contributed by atoms with Crippen molar-refractivity contribution < 1.29 is 4.79 Å². The van der Waals surface area contributed by atoms with E-state index >= 15 is 0 Å². The molecule has 0 saturated heterocycles. The van der Waals surface area contributed by atoms with Gasteiger partial charge in [-0.15, -0.1) is 0 Å². The predicted octanol–water partition coefficient (Wildman–Crippen LogP) is 1.41. The lowest BCUT2D eigenvalue weighted by Gasteiger charge is -2.20. The molecule has 0 saturated carbocycles. The fourth-order valence-electron chi connectivity index (χ4n) is 2.22. The number of fused-ring (bicyclic) bond motifs is 3. The van der Waals surface area contributed by atoms with E-state index in [1.165, 1.54) is 11.3 Å². The molecule has 0 bridgehead atoms. The van der Waals surface area contributed by atoms with E-state index in [0.717, 1.165) is 18.7 Å². The number of hydrogen-bond donors (Lipinski definition) is 1. The zero-order valence-electron chi connectivity index (χ0n) is 8.36. The van der Waals surface area contributed by atoms with Gasteiger partial charge in [-0.2, -0.15) is 0 Å². The molecule has 3 nitrogen and oxygen atoms in total. The Morgan fingerprint density at radius 2 is 2.13 bits per heavy atom. The standard InChI is InChI=1S/C12H12N2O/c15-12-11-6-3-7-14(11)10-5-2-1-4-9(10)8-13-12/h1-2,4-6H,3,7-8H2,(H,13,15). The molecule has 76 valence electrons. The lowest BCUT2D eigenvalue weighted by atomic mass is 10.1. The first-order valence-electron chi connectivity index (χ1n) is 5.20. The van der Waals surface area contributed by atoms with E-state index in [2.05, 4.69) is 22.3 Å². The second kappa shape index (κ2) is 3.12. The van der Waals surface area contributed by atoms with Crippen LogP contribution in [0, 0.1) is 0 Å². The maximum atomic E-state index is 11.7. The molecule has 2 heterocycles. The van der Waals surface area contributed by atoms with Crippen LogP contribution in [0.5, 0.6) is 0 Å². The van der Waals surface area contributed by atoms with E-state index in [1.54, 1.807) is 0 Å². The molecule has 0 aromatic heterocycles. The summed E-state index contributed by atoms with van der Waals surface area (Å²) in [6.45, 7) is 1.54. The molecular formula is C12H12N2O. The van der Waals surface area contributed by atoms with Gasteiger partial charge in [0.2, 0.25) is 0 Å². The van der Waals surface area contributed by atoms with E-state index in [4.69, 9.17) is 0 Å². The van der Waals surface area contributed by atoms with Crippen molar-refractivity contribution in [1.82, 2.24) is 5.32 Å². The number of benzene rings is 1. The van der Waals surface area contributed by atoms with Crippen molar-refractivity contribution in [3.05, 3.63) is 41.6 Å². The minimum atomic E-state index is 0.0451. The van der Waals surface area contributed by atoms with Gasteiger partial charge in [0.15, 0.2) is 0 Å². The number of hydrogen-bond acceptors (Lipinski definition) is 2. The van der Waals surface area contributed by atoms with Crippen molar-refractivity contribution in [3.8, 4) is 0 Å². The molecular weight excluding hydrogens is 188 g/mol. The average molecular weight is 200 g/mol. The average Bonchev–Trinajstić information content (AvgIpc) is 2.71. The number of nitrogens with one attached hydrogen (secondary N) is 1. The van der Waals surface area contributed by atoms with Crippen LogP contribution in [0.2, 0.25) is 0 Å². The Bertz CT molecular complexity index is 451. The second-order valence-electron chi connectivity index (χ2n) is 3.84. The van der Waals surface area contributed by atoms with Crippen LogP contribution >= 0.6 is 0 Å². The number of anilines is 1. The van der Waals surface area contributed by atoms with Crippen LogP contribution in [0.4, 0.5) is 5.69 Å². The van der Waals surface area contributed by atoms with Gasteiger partial charge in [0.25, 0.3) is 5.91 Å². The first kappa shape index (κ1) is 8.53. The molecule has 2 aliphatic rings. The summed E-state index contributed by atoms with van der Waals surface area (Å²) in [6.07, 6.45) is 2.97. The number of carbonyl (C=O) groups is 1. The van der Waals surface area contributed by atoms with Crippen LogP contribution in [0.1, 0.15) is 12.0 Å². The Morgan fingerprint density at radius 3 is 3.07 bits per heavy atom. The van der Waals surface area contributed by atoms with Crippen molar-refractivity contribution in [2.24, 2.45) is 0 Å². The summed E-state index contributed by atoms with van der Waals surface area (Å²) >= 11 is 0. The molecule has 15 heavy (non-hydrogen) atoms. The fraction of sp³-hybridized carbons (Fsp3) is 0.250. The van der Waals surface area contributed by atoms with Gasteiger partial charge in [0, 0.05) is 18.8 Å². The van der Waals surface area contributed by atoms with Crippen molar-refractivity contribution in [2.45, 2.75) is 13.0 Å². The van der Waals surface area contributed by atoms with E-state index < -0.39 is 0 Å². The highest BCUT2D eigenvalue weighted by Gasteiger charge is 2.27. The third-order valence-corrected chi connectivity index (χ3v) is 2.94. The van der Waals surface area contributed by atoms with Gasteiger partial charge in [0.05, 0.1) is 0 Å². The van der Waals surface area contributed by atoms with E-state index in [9.17, 15) is 4.79 Å². The molecule has 1 aromatic rings. The quantitative estimate of drug-likeness (QED) is 0.686. The minimum absolute atomic E-state index is 0.0451. The summed E-state index contributed by atoms with van der Waals surface area (Å²) in [5.74, 6) is 0.0451. The molecule has 0 unspecified atom stereocenters. The van der Waals surface area contributed by atoms with Crippen molar-refractivity contribution in [3.63, 3.8) is 0 Å². The molecule has 1 N–H and O–H groups in total. The molecule has 2 aliphatic heterocycles. The smallest absolute Gasteiger partial charge is 0.267 e. The van der Waals surface area contributed by atoms with Gasteiger partial charge in [-0.05, 0) is 18.1 Å². The molecule has 0 radical (unpaired) electrons. The molecule has 0 spiro atoms. The summed E-state index contributed by atoms with van der Waals surface area (Å²) in [5, 5.41) is 2.92. The molecule has 0 atom stereocenters. The fourth-order valence-corrected chi connectivity index (χ4v) is 2.22. The topological polar surface area (TPSA) is 32.3 Å². The highest BCUT2D eigenvalue weighted by atomic mass is 16.2. The Labute approximate surface area is 88.4 Å². The number of amides is 1. The lowest BCUT2D eigenvalue weighted by molar-refractivity contribution is -0.117. The van der Waals surface area contributed by atoms with Crippen LogP contribution in [0.25, 0.3) is 0 Å². The Kier molecular flexibility index (Phi) is 1.78. The Balaban J connectivity index is 2.14. The van der Waals surface area contributed by atoms with Crippen LogP contribution in [-0.4, -0.2) is 12.5 Å². The molecule has 3 rings (SSSR count). The number of carbonyl (C=O) groups excluding carboxylic acids is 1. The van der Waals surface area contributed by atoms with Crippen molar-refractivity contribution in [2.75, 3.05) is 11.4 Å².